The maximum Gasteiger partial charge on any atom is 0.0706 e. The molecule has 1 aromatic carbocycles. The first-order chi connectivity index (χ1) is 17.7. The summed E-state index contributed by atoms with van der Waals surface area (Å²) < 4.78 is 0. The summed E-state index contributed by atoms with van der Waals surface area (Å²) in [5.74, 6) is 0. The van der Waals surface area contributed by atoms with Crippen LogP contribution in [0.2, 0.25) is 0 Å². The van der Waals surface area contributed by atoms with Crippen molar-refractivity contribution in [2.24, 2.45) is 0 Å². The lowest BCUT2D eigenvalue weighted by atomic mass is 9.65. The first-order valence-corrected chi connectivity index (χ1v) is 14.5. The summed E-state index contributed by atoms with van der Waals surface area (Å²) in [5.41, 5.74) is 7.67. The predicted octanol–water partition coefficient (Wildman–Crippen LogP) is 12.4. The summed E-state index contributed by atoms with van der Waals surface area (Å²) >= 11 is 0. The molecule has 0 N–H and O–H groups in total. The first-order valence-electron chi connectivity index (χ1n) is 14.5. The Morgan fingerprint density at radius 2 is 1.39 bits per heavy atom. The van der Waals surface area contributed by atoms with Gasteiger partial charge in [0.15, 0.2) is 0 Å². The van der Waals surface area contributed by atoms with E-state index in [1.165, 1.54) is 33.4 Å². The highest BCUT2D eigenvalue weighted by molar-refractivity contribution is 5.94. The first kappa shape index (κ1) is 37.9. The Kier molecular flexibility index (Phi) is 25.4. The predicted molar refractivity (Wildman–Crippen MR) is 172 cm³/mol. The van der Waals surface area contributed by atoms with E-state index in [-0.39, 0.29) is 5.41 Å². The van der Waals surface area contributed by atoms with Gasteiger partial charge in [-0.15, -0.1) is 0 Å². The van der Waals surface area contributed by atoms with Gasteiger partial charge in [-0.2, -0.15) is 0 Å². The summed E-state index contributed by atoms with van der Waals surface area (Å²) in [4.78, 5) is 0. The van der Waals surface area contributed by atoms with E-state index in [1.807, 2.05) is 75.3 Å². The third kappa shape index (κ3) is 8.51. The van der Waals surface area contributed by atoms with Gasteiger partial charge in [0, 0.05) is 0 Å². The van der Waals surface area contributed by atoms with Gasteiger partial charge in [-0.1, -0.05) is 155 Å². The van der Waals surface area contributed by atoms with Crippen LogP contribution in [-0.4, -0.2) is 0 Å². The van der Waals surface area contributed by atoms with Crippen LogP contribution in [0.15, 0.2) is 102 Å². The summed E-state index contributed by atoms with van der Waals surface area (Å²) in [5, 5.41) is 0. The van der Waals surface area contributed by atoms with Crippen molar-refractivity contribution in [1.29, 1.82) is 0 Å². The molecule has 1 aromatic rings. The Morgan fingerprint density at radius 1 is 0.806 bits per heavy atom. The highest BCUT2D eigenvalue weighted by atomic mass is 14.5. The lowest BCUT2D eigenvalue weighted by Gasteiger charge is -2.36. The van der Waals surface area contributed by atoms with Crippen LogP contribution in [0.5, 0.6) is 0 Å². The van der Waals surface area contributed by atoms with E-state index in [0.717, 1.165) is 12.8 Å². The molecule has 0 radical (unpaired) electrons. The highest BCUT2D eigenvalue weighted by Crippen LogP contribution is 2.58. The van der Waals surface area contributed by atoms with Gasteiger partial charge in [0.2, 0.25) is 0 Å². The van der Waals surface area contributed by atoms with Crippen molar-refractivity contribution in [3.05, 3.63) is 113 Å². The van der Waals surface area contributed by atoms with Crippen molar-refractivity contribution in [2.75, 3.05) is 0 Å². The number of fused-ring (bicyclic) bond motifs is 1. The molecule has 0 heteroatoms. The minimum Gasteiger partial charge on any atom is -0.0987 e. The summed E-state index contributed by atoms with van der Waals surface area (Å²) in [6.07, 6.45) is 22.2. The molecule has 1 atom stereocenters. The van der Waals surface area contributed by atoms with E-state index < -0.39 is 0 Å². The van der Waals surface area contributed by atoms with Gasteiger partial charge in [-0.25, -0.2) is 0 Å². The molecule has 0 saturated heterocycles. The van der Waals surface area contributed by atoms with Crippen LogP contribution in [-0.2, 0) is 5.41 Å². The van der Waals surface area contributed by atoms with Crippen molar-refractivity contribution in [1.82, 2.24) is 0 Å². The zero-order chi connectivity index (χ0) is 28.6. The van der Waals surface area contributed by atoms with Gasteiger partial charge in [-0.05, 0) is 67.0 Å². The summed E-state index contributed by atoms with van der Waals surface area (Å²) in [7, 11) is 0. The molecule has 2 aliphatic rings. The zero-order valence-corrected chi connectivity index (χ0v) is 26.1. The topological polar surface area (TPSA) is 0 Å². The molecule has 1 unspecified atom stereocenters. The second kappa shape index (κ2) is 24.1. The van der Waals surface area contributed by atoms with Crippen LogP contribution in [0.3, 0.4) is 0 Å². The van der Waals surface area contributed by atoms with Crippen LogP contribution in [0.1, 0.15) is 114 Å². The van der Waals surface area contributed by atoms with Crippen molar-refractivity contribution in [3.8, 4) is 0 Å². The second-order valence-corrected chi connectivity index (χ2v) is 6.69. The molecule has 0 spiro atoms. The van der Waals surface area contributed by atoms with E-state index in [2.05, 4.69) is 100 Å². The average Bonchev–Trinajstić information content (AvgIpc) is 3.29. The Balaban J connectivity index is -0.000000973. The fourth-order valence-electron chi connectivity index (χ4n) is 4.45. The van der Waals surface area contributed by atoms with Crippen molar-refractivity contribution >= 4 is 5.57 Å². The fourth-order valence-corrected chi connectivity index (χ4v) is 4.45. The molecule has 0 amide bonds. The molecule has 0 nitrogen and oxygen atoms in total. The van der Waals surface area contributed by atoms with Crippen LogP contribution < -0.4 is 0 Å². The van der Waals surface area contributed by atoms with Crippen LogP contribution >= 0.6 is 0 Å². The molecule has 3 rings (SSSR count). The molecule has 2 aliphatic carbocycles. The minimum absolute atomic E-state index is 0.286. The van der Waals surface area contributed by atoms with Gasteiger partial charge in [0.25, 0.3) is 0 Å². The third-order valence-electron chi connectivity index (χ3n) is 5.44. The molecule has 0 aromatic heterocycles. The maximum atomic E-state index is 4.19. The monoisotopic (exact) mass is 490 g/mol. The molecule has 0 bridgehead atoms. The number of hydrogen-bond donors (Lipinski definition) is 0. The molecule has 0 heterocycles. The second-order valence-electron chi connectivity index (χ2n) is 6.69. The Morgan fingerprint density at radius 3 is 1.83 bits per heavy atom. The Hall–Kier alpha value is -2.60. The van der Waals surface area contributed by atoms with Crippen molar-refractivity contribution < 1.29 is 0 Å². The lowest BCUT2D eigenvalue weighted by Crippen LogP contribution is -2.30. The molecule has 36 heavy (non-hydrogen) atoms. The molecule has 0 fully saturated rings. The number of rotatable bonds is 4. The van der Waals surface area contributed by atoms with E-state index >= 15 is 0 Å². The molecule has 0 saturated carbocycles. The number of benzene rings is 1. The number of allylic oxidation sites excluding steroid dienone is 13. The number of hydrogen-bond acceptors (Lipinski definition) is 0. The largest absolute Gasteiger partial charge is 0.0987 e. The molecule has 202 valence electrons. The van der Waals surface area contributed by atoms with Crippen LogP contribution in [0, 0.1) is 0 Å². The standard InChI is InChI=1S/C26H28.5C2H6/c1-5-9-15-20(6-2)26(21-16-11-10-12-17-21)24(8-4)22(7-3)23-18-13-14-19-25(23)26;5*1-2/h5-9,11,13-19H,2,10,12H2,1,3-4H3;5*1-2H3/b9-5-,20-15+,22-7-,24-8+;;;;;. The van der Waals surface area contributed by atoms with E-state index in [1.54, 1.807) is 0 Å². The fraction of sp³-hybridized carbons (Fsp3) is 0.444. The Labute approximate surface area is 227 Å². The normalized spacial score (nSPS) is 19.5. The van der Waals surface area contributed by atoms with Crippen molar-refractivity contribution in [3.63, 3.8) is 0 Å². The molecular weight excluding hydrogens is 432 g/mol. The van der Waals surface area contributed by atoms with Crippen LogP contribution in [0.4, 0.5) is 0 Å². The third-order valence-corrected chi connectivity index (χ3v) is 5.44. The minimum atomic E-state index is -0.286. The SMILES string of the molecule is C=C/C(=C\C=C/C)C1(C2=CCCC=C2)C(=C/C)/C(=C\C)c2ccccc21.CC.CC.CC.CC.CC. The van der Waals surface area contributed by atoms with Crippen molar-refractivity contribution in [2.45, 2.75) is 108 Å². The highest BCUT2D eigenvalue weighted by Gasteiger charge is 2.48. The van der Waals surface area contributed by atoms with E-state index in [9.17, 15) is 0 Å². The summed E-state index contributed by atoms with van der Waals surface area (Å²) in [6, 6.07) is 8.83. The van der Waals surface area contributed by atoms with Gasteiger partial charge in [0.1, 0.15) is 0 Å². The van der Waals surface area contributed by atoms with E-state index in [4.69, 9.17) is 0 Å². The molecular formula is C36H58. The average molecular weight is 491 g/mol. The van der Waals surface area contributed by atoms with E-state index in [0.29, 0.717) is 0 Å². The van der Waals surface area contributed by atoms with Gasteiger partial charge in [-0.3, -0.25) is 0 Å². The maximum absolute atomic E-state index is 4.19. The molecule has 0 aliphatic heterocycles. The zero-order valence-electron chi connectivity index (χ0n) is 26.1. The summed E-state index contributed by atoms with van der Waals surface area (Å²) in [6.45, 7) is 30.5. The van der Waals surface area contributed by atoms with Gasteiger partial charge >= 0.3 is 0 Å². The quantitative estimate of drug-likeness (QED) is 0.368. The van der Waals surface area contributed by atoms with Gasteiger partial charge < -0.3 is 0 Å². The lowest BCUT2D eigenvalue weighted by molar-refractivity contribution is 0.750. The smallest absolute Gasteiger partial charge is 0.0706 e. The Bertz CT molecular complexity index is 880. The van der Waals surface area contributed by atoms with Gasteiger partial charge in [0.05, 0.1) is 5.41 Å². The van der Waals surface area contributed by atoms with Crippen LogP contribution in [0.25, 0.3) is 5.57 Å².